The number of aryl methyl sites for hydroxylation is 1. The summed E-state index contributed by atoms with van der Waals surface area (Å²) in [6, 6.07) is 14.4. The lowest BCUT2D eigenvalue weighted by atomic mass is 9.94. The fourth-order valence-electron chi connectivity index (χ4n) is 2.04. The highest BCUT2D eigenvalue weighted by atomic mass is 32.2. The summed E-state index contributed by atoms with van der Waals surface area (Å²) in [7, 11) is -3.96. The number of hydrogen-bond donors (Lipinski definition) is 2. The highest BCUT2D eigenvalue weighted by molar-refractivity contribution is 7.89. The van der Waals surface area contributed by atoms with Gasteiger partial charge in [-0.15, -0.1) is 0 Å². The average molecular weight is 319 g/mol. The molecule has 0 heterocycles. The Morgan fingerprint density at radius 2 is 1.59 bits per heavy atom. The second-order valence-electron chi connectivity index (χ2n) is 5.21. The second-order valence-corrected chi connectivity index (χ2v) is 6.90. The Morgan fingerprint density at radius 1 is 1.05 bits per heavy atom. The van der Waals surface area contributed by atoms with E-state index in [1.807, 2.05) is 6.92 Å². The molecule has 2 aromatic rings. The van der Waals surface area contributed by atoms with Crippen molar-refractivity contribution in [3.05, 3.63) is 65.7 Å². The number of rotatable bonds is 5. The van der Waals surface area contributed by atoms with E-state index >= 15 is 0 Å². The van der Waals surface area contributed by atoms with Gasteiger partial charge in [-0.2, -0.15) is 4.72 Å². The molecular weight excluding hydrogens is 302 g/mol. The highest BCUT2D eigenvalue weighted by Crippen LogP contribution is 2.24. The van der Waals surface area contributed by atoms with Crippen molar-refractivity contribution in [2.45, 2.75) is 24.3 Å². The van der Waals surface area contributed by atoms with Crippen LogP contribution in [-0.4, -0.2) is 19.5 Å². The molecule has 0 bridgehead atoms. The number of carboxylic acid groups (broad SMARTS) is 1. The number of benzene rings is 2. The maximum atomic E-state index is 12.5. The van der Waals surface area contributed by atoms with Crippen LogP contribution < -0.4 is 4.72 Å². The monoisotopic (exact) mass is 319 g/mol. The zero-order valence-electron chi connectivity index (χ0n) is 12.3. The molecule has 6 heteroatoms. The van der Waals surface area contributed by atoms with Gasteiger partial charge in [0.15, 0.2) is 5.54 Å². The van der Waals surface area contributed by atoms with E-state index in [9.17, 15) is 18.3 Å². The summed E-state index contributed by atoms with van der Waals surface area (Å²) in [6.07, 6.45) is 0. The van der Waals surface area contributed by atoms with Crippen LogP contribution in [0.4, 0.5) is 0 Å². The summed E-state index contributed by atoms with van der Waals surface area (Å²) in [4.78, 5) is 11.7. The van der Waals surface area contributed by atoms with Crippen molar-refractivity contribution in [3.8, 4) is 0 Å². The van der Waals surface area contributed by atoms with Crippen molar-refractivity contribution in [3.63, 3.8) is 0 Å². The van der Waals surface area contributed by atoms with Crippen molar-refractivity contribution in [2.24, 2.45) is 0 Å². The normalized spacial score (nSPS) is 14.3. The Bertz CT molecular complexity index is 770. The van der Waals surface area contributed by atoms with Gasteiger partial charge < -0.3 is 5.11 Å². The number of hydrogen-bond acceptors (Lipinski definition) is 3. The van der Waals surface area contributed by atoms with E-state index < -0.39 is 21.5 Å². The van der Waals surface area contributed by atoms with Crippen LogP contribution in [0.1, 0.15) is 18.1 Å². The molecule has 0 aliphatic heterocycles. The van der Waals surface area contributed by atoms with E-state index in [0.717, 1.165) is 5.56 Å². The first kappa shape index (κ1) is 16.2. The van der Waals surface area contributed by atoms with Crippen LogP contribution in [0.2, 0.25) is 0 Å². The molecule has 0 unspecified atom stereocenters. The minimum atomic E-state index is -3.96. The topological polar surface area (TPSA) is 83.5 Å². The summed E-state index contributed by atoms with van der Waals surface area (Å²) >= 11 is 0. The smallest absolute Gasteiger partial charge is 0.329 e. The van der Waals surface area contributed by atoms with Crippen LogP contribution in [0.15, 0.2) is 59.5 Å². The SMILES string of the molecule is Cc1ccc(S(=O)(=O)N[C@@](C)(C(=O)O)c2ccccc2)cc1. The molecule has 0 aliphatic carbocycles. The number of carbonyl (C=O) groups is 1. The van der Waals surface area contributed by atoms with Gasteiger partial charge in [0.05, 0.1) is 4.90 Å². The predicted octanol–water partition coefficient (Wildman–Crippen LogP) is 2.27. The van der Waals surface area contributed by atoms with Gasteiger partial charge in [0.1, 0.15) is 0 Å². The fourth-order valence-corrected chi connectivity index (χ4v) is 3.40. The molecule has 116 valence electrons. The van der Waals surface area contributed by atoms with Gasteiger partial charge in [-0.25, -0.2) is 13.2 Å². The molecule has 2 rings (SSSR count). The van der Waals surface area contributed by atoms with Crippen LogP contribution in [0, 0.1) is 6.92 Å². The second kappa shape index (κ2) is 5.90. The Balaban J connectivity index is 2.44. The largest absolute Gasteiger partial charge is 0.480 e. The molecule has 0 fully saturated rings. The Hall–Kier alpha value is -2.18. The van der Waals surface area contributed by atoms with Gasteiger partial charge in [-0.1, -0.05) is 48.0 Å². The summed E-state index contributed by atoms with van der Waals surface area (Å²) in [5, 5.41) is 9.51. The van der Waals surface area contributed by atoms with Gasteiger partial charge in [0, 0.05) is 0 Å². The summed E-state index contributed by atoms with van der Waals surface area (Å²) in [6.45, 7) is 3.17. The molecule has 0 spiro atoms. The number of nitrogens with one attached hydrogen (secondary N) is 1. The van der Waals surface area contributed by atoms with Crippen molar-refractivity contribution in [1.82, 2.24) is 4.72 Å². The molecule has 0 radical (unpaired) electrons. The number of sulfonamides is 1. The fraction of sp³-hybridized carbons (Fsp3) is 0.188. The van der Waals surface area contributed by atoms with Gasteiger partial charge >= 0.3 is 5.97 Å². The minimum Gasteiger partial charge on any atom is -0.480 e. The summed E-state index contributed by atoms with van der Waals surface area (Å²) in [5.41, 5.74) is -0.466. The van der Waals surface area contributed by atoms with Crippen LogP contribution >= 0.6 is 0 Å². The van der Waals surface area contributed by atoms with Crippen molar-refractivity contribution >= 4 is 16.0 Å². The molecular formula is C16H17NO4S. The molecule has 5 nitrogen and oxygen atoms in total. The Kier molecular flexibility index (Phi) is 4.35. The highest BCUT2D eigenvalue weighted by Gasteiger charge is 2.39. The van der Waals surface area contributed by atoms with Crippen LogP contribution in [0.5, 0.6) is 0 Å². The lowest BCUT2D eigenvalue weighted by Gasteiger charge is -2.26. The van der Waals surface area contributed by atoms with Crippen LogP contribution in [0.25, 0.3) is 0 Å². The molecule has 0 aromatic heterocycles. The van der Waals surface area contributed by atoms with Crippen LogP contribution in [-0.2, 0) is 20.4 Å². The van der Waals surface area contributed by atoms with E-state index in [0.29, 0.717) is 5.56 Å². The van der Waals surface area contributed by atoms with Gasteiger partial charge in [-0.05, 0) is 31.5 Å². The van der Waals surface area contributed by atoms with Crippen LogP contribution in [0.3, 0.4) is 0 Å². The lowest BCUT2D eigenvalue weighted by molar-refractivity contribution is -0.143. The minimum absolute atomic E-state index is 0.0292. The number of carboxylic acids is 1. The zero-order valence-corrected chi connectivity index (χ0v) is 13.1. The van der Waals surface area contributed by atoms with E-state index in [1.165, 1.54) is 19.1 Å². The van der Waals surface area contributed by atoms with E-state index in [4.69, 9.17) is 0 Å². The maximum absolute atomic E-state index is 12.5. The molecule has 1 atom stereocenters. The average Bonchev–Trinajstić information content (AvgIpc) is 2.48. The first-order valence-corrected chi connectivity index (χ1v) is 8.13. The Morgan fingerprint density at radius 3 is 2.09 bits per heavy atom. The van der Waals surface area contributed by atoms with Gasteiger partial charge in [0.2, 0.25) is 10.0 Å². The summed E-state index contributed by atoms with van der Waals surface area (Å²) in [5.74, 6) is -1.27. The first-order chi connectivity index (χ1) is 10.3. The van der Waals surface area contributed by atoms with Gasteiger partial charge in [0.25, 0.3) is 0 Å². The molecule has 0 saturated heterocycles. The third-order valence-corrected chi connectivity index (χ3v) is 5.02. The molecule has 0 aliphatic rings. The van der Waals surface area contributed by atoms with E-state index in [1.54, 1.807) is 42.5 Å². The van der Waals surface area contributed by atoms with E-state index in [-0.39, 0.29) is 4.90 Å². The molecule has 0 amide bonds. The Labute approximate surface area is 129 Å². The standard InChI is InChI=1S/C16H17NO4S/c1-12-8-10-14(11-9-12)22(20,21)17-16(2,15(18)19)13-6-4-3-5-7-13/h3-11,17H,1-2H3,(H,18,19)/t16-/m1/s1. The zero-order chi connectivity index (χ0) is 16.4. The van der Waals surface area contributed by atoms with Crippen molar-refractivity contribution in [1.29, 1.82) is 0 Å². The van der Waals surface area contributed by atoms with Crippen molar-refractivity contribution in [2.75, 3.05) is 0 Å². The molecule has 2 aromatic carbocycles. The van der Waals surface area contributed by atoms with E-state index in [2.05, 4.69) is 4.72 Å². The third-order valence-electron chi connectivity index (χ3n) is 3.45. The molecule has 22 heavy (non-hydrogen) atoms. The predicted molar refractivity (Wildman–Crippen MR) is 82.9 cm³/mol. The first-order valence-electron chi connectivity index (χ1n) is 6.65. The summed E-state index contributed by atoms with van der Waals surface area (Å²) < 4.78 is 27.2. The van der Waals surface area contributed by atoms with Crippen molar-refractivity contribution < 1.29 is 18.3 Å². The maximum Gasteiger partial charge on any atom is 0.329 e. The number of aliphatic carboxylic acids is 1. The quantitative estimate of drug-likeness (QED) is 0.885. The lowest BCUT2D eigenvalue weighted by Crippen LogP contribution is -2.49. The third kappa shape index (κ3) is 3.18. The molecule has 0 saturated carbocycles. The molecule has 2 N–H and O–H groups in total. The van der Waals surface area contributed by atoms with Gasteiger partial charge in [-0.3, -0.25) is 0 Å².